The minimum Gasteiger partial charge on any atom is -0.481 e. The zero-order valence-corrected chi connectivity index (χ0v) is 13.3. The van der Waals surface area contributed by atoms with Crippen LogP contribution in [0, 0.1) is 0 Å². The van der Waals surface area contributed by atoms with E-state index >= 15 is 0 Å². The number of thioether (sulfide) groups is 1. The van der Waals surface area contributed by atoms with Gasteiger partial charge >= 0.3 is 11.9 Å². The number of rotatable bonds is 8. The van der Waals surface area contributed by atoms with Crippen LogP contribution in [-0.2, 0) is 19.1 Å². The third kappa shape index (κ3) is 6.96. The van der Waals surface area contributed by atoms with Gasteiger partial charge in [-0.15, -0.1) is 0 Å². The third-order valence-electron chi connectivity index (χ3n) is 2.81. The van der Waals surface area contributed by atoms with E-state index in [0.717, 1.165) is 18.9 Å². The third-order valence-corrected chi connectivity index (χ3v) is 3.72. The minimum atomic E-state index is -1.08. The van der Waals surface area contributed by atoms with Crippen LogP contribution in [-0.4, -0.2) is 47.0 Å². The zero-order chi connectivity index (χ0) is 17.2. The smallest absolute Gasteiger partial charge is 0.328 e. The highest BCUT2D eigenvalue weighted by molar-refractivity contribution is 8.14. The van der Waals surface area contributed by atoms with Crippen molar-refractivity contribution in [2.75, 3.05) is 12.9 Å². The summed E-state index contributed by atoms with van der Waals surface area (Å²) in [5, 5.41) is 10.8. The van der Waals surface area contributed by atoms with Crippen molar-refractivity contribution in [3.63, 3.8) is 0 Å². The molecule has 0 saturated heterocycles. The van der Waals surface area contributed by atoms with Crippen molar-refractivity contribution < 1.29 is 29.0 Å². The highest BCUT2D eigenvalue weighted by atomic mass is 32.2. The molecule has 0 radical (unpaired) electrons. The molecule has 124 valence electrons. The van der Waals surface area contributed by atoms with Gasteiger partial charge in [-0.2, -0.15) is 0 Å². The Kier molecular flexibility index (Phi) is 7.82. The Balaban J connectivity index is 2.50. The average molecular weight is 339 g/mol. The van der Waals surface area contributed by atoms with E-state index in [1.165, 1.54) is 0 Å². The van der Waals surface area contributed by atoms with Gasteiger partial charge in [-0.3, -0.25) is 14.4 Å². The lowest BCUT2D eigenvalue weighted by atomic mass is 10.1. The van der Waals surface area contributed by atoms with Gasteiger partial charge in [0, 0.05) is 12.0 Å². The van der Waals surface area contributed by atoms with Crippen LogP contribution in [0.3, 0.4) is 0 Å². The Labute approximate surface area is 137 Å². The molecule has 1 rings (SSSR count). The van der Waals surface area contributed by atoms with Crippen molar-refractivity contribution >= 4 is 34.7 Å². The first kappa shape index (κ1) is 18.7. The Morgan fingerprint density at radius 2 is 1.87 bits per heavy atom. The molecular weight excluding hydrogens is 322 g/mol. The van der Waals surface area contributed by atoms with Gasteiger partial charge in [0.15, 0.2) is 0 Å². The van der Waals surface area contributed by atoms with Gasteiger partial charge in [-0.1, -0.05) is 42.1 Å². The van der Waals surface area contributed by atoms with Crippen LogP contribution >= 0.6 is 11.8 Å². The first-order valence-corrected chi connectivity index (χ1v) is 7.73. The monoisotopic (exact) mass is 339 g/mol. The summed E-state index contributed by atoms with van der Waals surface area (Å²) in [5.41, 5.74) is 0.473. The van der Waals surface area contributed by atoms with Crippen LogP contribution in [0.15, 0.2) is 30.3 Å². The molecule has 0 aliphatic heterocycles. The molecule has 1 amide bonds. The Morgan fingerprint density at radius 1 is 1.22 bits per heavy atom. The van der Waals surface area contributed by atoms with E-state index in [4.69, 9.17) is 5.11 Å². The van der Waals surface area contributed by atoms with Crippen molar-refractivity contribution in [1.82, 2.24) is 5.32 Å². The molecule has 0 aromatic heterocycles. The van der Waals surface area contributed by atoms with Crippen LogP contribution in [0.25, 0.3) is 0 Å². The van der Waals surface area contributed by atoms with Gasteiger partial charge in [0.2, 0.25) is 11.0 Å². The fourth-order valence-corrected chi connectivity index (χ4v) is 2.33. The molecule has 0 unspecified atom stereocenters. The van der Waals surface area contributed by atoms with Gasteiger partial charge in [0.25, 0.3) is 0 Å². The van der Waals surface area contributed by atoms with Gasteiger partial charge in [0.1, 0.15) is 6.04 Å². The second-order valence-corrected chi connectivity index (χ2v) is 5.47. The largest absolute Gasteiger partial charge is 0.481 e. The number of carbonyl (C=O) groups excluding carboxylic acids is 3. The molecule has 1 aromatic rings. The number of esters is 1. The van der Waals surface area contributed by atoms with E-state index in [1.54, 1.807) is 30.3 Å². The molecule has 0 saturated carbocycles. The number of methoxy groups -OCH3 is 1. The number of amides is 1. The summed E-state index contributed by atoms with van der Waals surface area (Å²) >= 11 is 0.804. The summed E-state index contributed by atoms with van der Waals surface area (Å²) in [6.45, 7) is 0. The number of hydrogen-bond acceptors (Lipinski definition) is 6. The summed E-state index contributed by atoms with van der Waals surface area (Å²) in [6.07, 6.45) is -0.360. The van der Waals surface area contributed by atoms with E-state index < -0.39 is 23.9 Å². The molecule has 1 atom stereocenters. The number of carboxylic acids is 1. The minimum absolute atomic E-state index is 0.0783. The molecule has 0 aliphatic carbocycles. The number of aliphatic carboxylic acids is 1. The summed E-state index contributed by atoms with van der Waals surface area (Å²) in [5.74, 6) is -2.52. The maximum Gasteiger partial charge on any atom is 0.328 e. The molecule has 0 bridgehead atoms. The van der Waals surface area contributed by atoms with Crippen molar-refractivity contribution in [2.24, 2.45) is 0 Å². The molecule has 0 heterocycles. The normalized spacial score (nSPS) is 11.3. The molecular formula is C15H17NO6S. The van der Waals surface area contributed by atoms with E-state index in [1.807, 2.05) is 0 Å². The molecule has 2 N–H and O–H groups in total. The SMILES string of the molecule is COC(=O)[C@H](CCC(=O)O)NC(=O)CSC(=O)c1ccccc1. The second-order valence-electron chi connectivity index (χ2n) is 4.52. The number of ether oxygens (including phenoxy) is 1. The molecule has 0 aliphatic rings. The predicted molar refractivity (Wildman–Crippen MR) is 84.0 cm³/mol. The van der Waals surface area contributed by atoms with Gasteiger partial charge in [0.05, 0.1) is 12.9 Å². The maximum absolute atomic E-state index is 11.9. The Hall–Kier alpha value is -2.35. The summed E-state index contributed by atoms with van der Waals surface area (Å²) in [7, 11) is 1.15. The van der Waals surface area contributed by atoms with Crippen molar-refractivity contribution in [2.45, 2.75) is 18.9 Å². The average Bonchev–Trinajstić information content (AvgIpc) is 2.56. The van der Waals surface area contributed by atoms with Crippen LogP contribution in [0.1, 0.15) is 23.2 Å². The molecule has 7 nitrogen and oxygen atoms in total. The maximum atomic E-state index is 11.9. The van der Waals surface area contributed by atoms with Gasteiger partial charge in [-0.05, 0) is 6.42 Å². The van der Waals surface area contributed by atoms with Gasteiger partial charge in [-0.25, -0.2) is 4.79 Å². The standard InChI is InChI=1S/C15H17NO6S/c1-22-14(20)11(7-8-13(18)19)16-12(17)9-23-15(21)10-5-3-2-4-6-10/h2-6,11H,7-9H2,1H3,(H,16,17)(H,18,19)/t11-/m0/s1. The van der Waals surface area contributed by atoms with Crippen molar-refractivity contribution in [1.29, 1.82) is 0 Å². The van der Waals surface area contributed by atoms with Crippen molar-refractivity contribution in [3.05, 3.63) is 35.9 Å². The zero-order valence-electron chi connectivity index (χ0n) is 12.5. The lowest BCUT2D eigenvalue weighted by molar-refractivity contribution is -0.145. The van der Waals surface area contributed by atoms with E-state index in [0.29, 0.717) is 5.56 Å². The quantitative estimate of drug-likeness (QED) is 0.682. The highest BCUT2D eigenvalue weighted by Crippen LogP contribution is 2.12. The van der Waals surface area contributed by atoms with Crippen LogP contribution in [0.4, 0.5) is 0 Å². The summed E-state index contributed by atoms with van der Waals surface area (Å²) in [4.78, 5) is 45.7. The molecule has 8 heteroatoms. The molecule has 0 fully saturated rings. The Morgan fingerprint density at radius 3 is 2.43 bits per heavy atom. The Bertz CT molecular complexity index is 575. The van der Waals surface area contributed by atoms with Gasteiger partial charge < -0.3 is 15.2 Å². The lowest BCUT2D eigenvalue weighted by Crippen LogP contribution is -2.42. The number of carboxylic acid groups (broad SMARTS) is 1. The molecule has 1 aromatic carbocycles. The number of benzene rings is 1. The van der Waals surface area contributed by atoms with Crippen LogP contribution in [0.2, 0.25) is 0 Å². The first-order chi connectivity index (χ1) is 10.9. The van der Waals surface area contributed by atoms with E-state index in [-0.39, 0.29) is 23.7 Å². The molecule has 23 heavy (non-hydrogen) atoms. The number of carbonyl (C=O) groups is 4. The van der Waals surface area contributed by atoms with Crippen LogP contribution < -0.4 is 5.32 Å². The van der Waals surface area contributed by atoms with Crippen LogP contribution in [0.5, 0.6) is 0 Å². The number of nitrogens with one attached hydrogen (secondary N) is 1. The first-order valence-electron chi connectivity index (χ1n) is 6.75. The summed E-state index contributed by atoms with van der Waals surface area (Å²) < 4.78 is 4.52. The summed E-state index contributed by atoms with van der Waals surface area (Å²) in [6, 6.07) is 7.43. The fourth-order valence-electron chi connectivity index (χ4n) is 1.68. The van der Waals surface area contributed by atoms with E-state index in [2.05, 4.69) is 10.1 Å². The molecule has 0 spiro atoms. The van der Waals surface area contributed by atoms with E-state index in [9.17, 15) is 19.2 Å². The predicted octanol–water partition coefficient (Wildman–Crippen LogP) is 1.08. The van der Waals surface area contributed by atoms with Crippen molar-refractivity contribution in [3.8, 4) is 0 Å². The fraction of sp³-hybridized carbons (Fsp3) is 0.333. The second kappa shape index (κ2) is 9.62. The lowest BCUT2D eigenvalue weighted by Gasteiger charge is -2.15. The number of hydrogen-bond donors (Lipinski definition) is 2. The topological polar surface area (TPSA) is 110 Å². The highest BCUT2D eigenvalue weighted by Gasteiger charge is 2.22.